The van der Waals surface area contributed by atoms with Gasteiger partial charge in [-0.1, -0.05) is 12.1 Å². The Kier molecular flexibility index (Phi) is 4.07. The molecule has 0 fully saturated rings. The van der Waals surface area contributed by atoms with Gasteiger partial charge in [-0.15, -0.1) is 0 Å². The lowest BCUT2D eigenvalue weighted by molar-refractivity contribution is -0.134. The number of aryl methyl sites for hydroxylation is 2. The van der Waals surface area contributed by atoms with Crippen LogP contribution in [0.1, 0.15) is 11.1 Å². The lowest BCUT2D eigenvalue weighted by Gasteiger charge is -2.04. The monoisotopic (exact) mass is 254 g/mol. The van der Waals surface area contributed by atoms with Crippen molar-refractivity contribution in [3.63, 3.8) is 0 Å². The van der Waals surface area contributed by atoms with Crippen molar-refractivity contribution < 1.29 is 17.9 Å². The molecule has 0 aliphatic carbocycles. The fraction of sp³-hybridized carbons (Fsp3) is 0.250. The maximum Gasteiger partial charge on any atom is 0.331 e. The summed E-state index contributed by atoms with van der Waals surface area (Å²) in [6.07, 6.45) is 0.900. The van der Waals surface area contributed by atoms with Gasteiger partial charge in [0, 0.05) is 11.5 Å². The summed E-state index contributed by atoms with van der Waals surface area (Å²) >= 11 is 0. The fourth-order valence-corrected chi connectivity index (χ4v) is 2.60. The Morgan fingerprint density at radius 2 is 1.94 bits per heavy atom. The van der Waals surface area contributed by atoms with Gasteiger partial charge >= 0.3 is 5.97 Å². The predicted molar refractivity (Wildman–Crippen MR) is 64.3 cm³/mol. The van der Waals surface area contributed by atoms with E-state index in [-0.39, 0.29) is 4.90 Å². The van der Waals surface area contributed by atoms with Crippen LogP contribution in [0.2, 0.25) is 0 Å². The van der Waals surface area contributed by atoms with Gasteiger partial charge in [0.1, 0.15) is 0 Å². The lowest BCUT2D eigenvalue weighted by atomic mass is 10.2. The number of carbonyl (C=O) groups excluding carboxylic acids is 1. The summed E-state index contributed by atoms with van der Waals surface area (Å²) in [5.74, 6) is -0.695. The van der Waals surface area contributed by atoms with Gasteiger partial charge in [-0.3, -0.25) is 0 Å². The molecule has 1 rings (SSSR count). The van der Waals surface area contributed by atoms with Gasteiger partial charge in [0.05, 0.1) is 12.0 Å². The highest BCUT2D eigenvalue weighted by Gasteiger charge is 2.14. The molecular weight excluding hydrogens is 240 g/mol. The van der Waals surface area contributed by atoms with Crippen molar-refractivity contribution in [3.05, 3.63) is 40.8 Å². The van der Waals surface area contributed by atoms with E-state index in [4.69, 9.17) is 0 Å². The predicted octanol–water partition coefficient (Wildman–Crippen LogP) is 1.76. The van der Waals surface area contributed by atoms with Crippen molar-refractivity contribution in [2.45, 2.75) is 18.7 Å². The molecule has 0 aliphatic heterocycles. The average molecular weight is 254 g/mol. The molecule has 0 saturated heterocycles. The largest absolute Gasteiger partial charge is 0.466 e. The van der Waals surface area contributed by atoms with E-state index in [1.807, 2.05) is 13.0 Å². The van der Waals surface area contributed by atoms with E-state index in [9.17, 15) is 13.2 Å². The van der Waals surface area contributed by atoms with Crippen molar-refractivity contribution in [1.82, 2.24) is 0 Å². The topological polar surface area (TPSA) is 60.4 Å². The number of sulfone groups is 1. The fourth-order valence-electron chi connectivity index (χ4n) is 1.30. The van der Waals surface area contributed by atoms with E-state index in [0.717, 1.165) is 17.0 Å². The summed E-state index contributed by atoms with van der Waals surface area (Å²) in [6, 6.07) is 5.14. The number of carbonyl (C=O) groups is 1. The van der Waals surface area contributed by atoms with Gasteiger partial charge in [-0.05, 0) is 31.0 Å². The summed E-state index contributed by atoms with van der Waals surface area (Å²) < 4.78 is 28.2. The van der Waals surface area contributed by atoms with Crippen LogP contribution >= 0.6 is 0 Å². The standard InChI is InChI=1S/C12H14O4S/c1-9-4-5-10(2)11(8-9)17(14,15)7-6-12(13)16-3/h4-8H,1-3H3/b7-6+. The minimum absolute atomic E-state index is 0.206. The first-order chi connectivity index (χ1) is 7.86. The zero-order valence-corrected chi connectivity index (χ0v) is 10.7. The third-order valence-corrected chi connectivity index (χ3v) is 3.78. The second kappa shape index (κ2) is 5.14. The third kappa shape index (κ3) is 3.42. The van der Waals surface area contributed by atoms with Gasteiger partial charge in [-0.25, -0.2) is 13.2 Å². The summed E-state index contributed by atoms with van der Waals surface area (Å²) in [6.45, 7) is 3.51. The van der Waals surface area contributed by atoms with Crippen LogP contribution in [0.3, 0.4) is 0 Å². The van der Waals surface area contributed by atoms with Gasteiger partial charge < -0.3 is 4.74 Å². The molecule has 0 radical (unpaired) electrons. The minimum atomic E-state index is -3.60. The van der Waals surface area contributed by atoms with Crippen LogP contribution in [0.5, 0.6) is 0 Å². The van der Waals surface area contributed by atoms with Crippen molar-refractivity contribution in [2.75, 3.05) is 7.11 Å². The molecule has 0 aliphatic rings. The average Bonchev–Trinajstić information content (AvgIpc) is 2.29. The Hall–Kier alpha value is -1.62. The molecule has 0 spiro atoms. The van der Waals surface area contributed by atoms with Gasteiger partial charge in [-0.2, -0.15) is 0 Å². The number of ether oxygens (including phenoxy) is 1. The van der Waals surface area contributed by atoms with Crippen molar-refractivity contribution in [2.24, 2.45) is 0 Å². The first kappa shape index (κ1) is 13.4. The molecule has 0 aromatic heterocycles. The van der Waals surface area contributed by atoms with Crippen molar-refractivity contribution in [1.29, 1.82) is 0 Å². The number of rotatable bonds is 3. The minimum Gasteiger partial charge on any atom is -0.466 e. The van der Waals surface area contributed by atoms with Crippen LogP contribution in [0, 0.1) is 13.8 Å². The summed E-state index contributed by atoms with van der Waals surface area (Å²) in [5, 5.41) is 0.862. The Bertz CT molecular complexity index is 556. The Labute approximate surface area is 101 Å². The first-order valence-electron chi connectivity index (χ1n) is 4.95. The number of benzene rings is 1. The van der Waals surface area contributed by atoms with E-state index in [2.05, 4.69) is 4.74 Å². The molecule has 0 atom stereocenters. The summed E-state index contributed by atoms with van der Waals surface area (Å²) in [4.78, 5) is 11.1. The molecule has 0 heterocycles. The SMILES string of the molecule is COC(=O)/C=C/S(=O)(=O)c1cc(C)ccc1C. The maximum atomic E-state index is 11.9. The van der Waals surface area contributed by atoms with E-state index in [1.165, 1.54) is 7.11 Å². The summed E-state index contributed by atoms with van der Waals surface area (Å²) in [5.41, 5.74) is 1.49. The zero-order valence-electron chi connectivity index (χ0n) is 9.93. The molecule has 0 saturated carbocycles. The molecule has 0 bridgehead atoms. The van der Waals surface area contributed by atoms with Crippen LogP contribution in [-0.4, -0.2) is 21.5 Å². The van der Waals surface area contributed by atoms with Gasteiger partial charge in [0.25, 0.3) is 0 Å². The van der Waals surface area contributed by atoms with Crippen molar-refractivity contribution >= 4 is 15.8 Å². The molecule has 4 nitrogen and oxygen atoms in total. The maximum absolute atomic E-state index is 11.9. The Balaban J connectivity index is 3.18. The van der Waals surface area contributed by atoms with E-state index in [0.29, 0.717) is 5.56 Å². The number of methoxy groups -OCH3 is 1. The van der Waals surface area contributed by atoms with Crippen LogP contribution in [0.25, 0.3) is 0 Å². The molecule has 0 unspecified atom stereocenters. The third-order valence-electron chi connectivity index (χ3n) is 2.23. The Morgan fingerprint density at radius 1 is 1.29 bits per heavy atom. The molecule has 5 heteroatoms. The smallest absolute Gasteiger partial charge is 0.331 e. The molecule has 0 N–H and O–H groups in total. The van der Waals surface area contributed by atoms with Crippen LogP contribution in [0.15, 0.2) is 34.6 Å². The van der Waals surface area contributed by atoms with Gasteiger partial charge in [0.15, 0.2) is 9.84 Å². The van der Waals surface area contributed by atoms with E-state index < -0.39 is 15.8 Å². The highest BCUT2D eigenvalue weighted by molar-refractivity contribution is 7.94. The highest BCUT2D eigenvalue weighted by atomic mass is 32.2. The van der Waals surface area contributed by atoms with Gasteiger partial charge in [0.2, 0.25) is 0 Å². The van der Waals surface area contributed by atoms with Crippen LogP contribution in [0.4, 0.5) is 0 Å². The molecule has 92 valence electrons. The van der Waals surface area contributed by atoms with E-state index >= 15 is 0 Å². The molecule has 0 amide bonds. The highest BCUT2D eigenvalue weighted by Crippen LogP contribution is 2.18. The van der Waals surface area contributed by atoms with Crippen LogP contribution in [-0.2, 0) is 19.4 Å². The van der Waals surface area contributed by atoms with Crippen molar-refractivity contribution in [3.8, 4) is 0 Å². The zero-order chi connectivity index (χ0) is 13.1. The number of esters is 1. The quantitative estimate of drug-likeness (QED) is 0.609. The van der Waals surface area contributed by atoms with E-state index in [1.54, 1.807) is 19.1 Å². The molecule has 17 heavy (non-hydrogen) atoms. The lowest BCUT2D eigenvalue weighted by Crippen LogP contribution is -2.02. The molecule has 1 aromatic carbocycles. The normalized spacial score (nSPS) is 11.7. The Morgan fingerprint density at radius 3 is 2.53 bits per heavy atom. The molecule has 1 aromatic rings. The summed E-state index contributed by atoms with van der Waals surface area (Å²) in [7, 11) is -2.41. The second-order valence-corrected chi connectivity index (χ2v) is 5.44. The number of hydrogen-bond donors (Lipinski definition) is 0. The second-order valence-electron chi connectivity index (χ2n) is 3.64. The molecular formula is C12H14O4S. The first-order valence-corrected chi connectivity index (χ1v) is 6.50. The van der Waals surface area contributed by atoms with Crippen LogP contribution < -0.4 is 0 Å². The number of hydrogen-bond acceptors (Lipinski definition) is 4.